The largest absolute Gasteiger partial charge is 0.333 e. The summed E-state index contributed by atoms with van der Waals surface area (Å²) < 4.78 is 31.6. The van der Waals surface area contributed by atoms with Crippen LogP contribution in [0.4, 0.5) is 0 Å². The molecule has 0 spiro atoms. The van der Waals surface area contributed by atoms with E-state index >= 15 is 0 Å². The highest BCUT2D eigenvalue weighted by atomic mass is 32.2. The molecule has 0 aliphatic rings. The summed E-state index contributed by atoms with van der Waals surface area (Å²) in [5.74, 6) is 0.672. The normalized spacial score (nSPS) is 11.8. The van der Waals surface area contributed by atoms with Gasteiger partial charge in [0.15, 0.2) is 5.82 Å². The highest BCUT2D eigenvalue weighted by Crippen LogP contribution is 2.22. The van der Waals surface area contributed by atoms with Gasteiger partial charge in [0.1, 0.15) is 0 Å². The van der Waals surface area contributed by atoms with Crippen molar-refractivity contribution in [2.24, 2.45) is 0 Å². The Bertz CT molecular complexity index is 576. The second kappa shape index (κ2) is 4.92. The lowest BCUT2D eigenvalue weighted by atomic mass is 10.5. The zero-order chi connectivity index (χ0) is 12.3. The first-order valence-electron chi connectivity index (χ1n) is 4.65. The molecule has 0 radical (unpaired) electrons. The standard InChI is InChI=1S/C8H10N4O3S2/c1-9-17(13,14)10-5-7-11-8(15-12-7)6-3-2-4-16-6/h2-4,9-10H,5H2,1H3. The fourth-order valence-electron chi connectivity index (χ4n) is 1.06. The number of nitrogens with zero attached hydrogens (tertiary/aromatic N) is 2. The van der Waals surface area contributed by atoms with Gasteiger partial charge in [-0.05, 0) is 11.4 Å². The van der Waals surface area contributed by atoms with E-state index < -0.39 is 10.2 Å². The summed E-state index contributed by atoms with van der Waals surface area (Å²) in [6.45, 7) is -0.0158. The quantitative estimate of drug-likeness (QED) is 0.820. The topological polar surface area (TPSA) is 97.1 Å². The van der Waals surface area contributed by atoms with E-state index in [4.69, 9.17) is 4.52 Å². The molecule has 92 valence electrons. The van der Waals surface area contributed by atoms with Crippen LogP contribution in [0, 0.1) is 0 Å². The Morgan fingerprint density at radius 3 is 3.00 bits per heavy atom. The maximum absolute atomic E-state index is 11.1. The molecule has 0 atom stereocenters. The highest BCUT2D eigenvalue weighted by molar-refractivity contribution is 7.87. The number of thiophene rings is 1. The van der Waals surface area contributed by atoms with Gasteiger partial charge in [0.25, 0.3) is 16.1 Å². The summed E-state index contributed by atoms with van der Waals surface area (Å²) in [7, 11) is -2.17. The number of nitrogens with one attached hydrogen (secondary N) is 2. The molecule has 9 heteroatoms. The van der Waals surface area contributed by atoms with Crippen LogP contribution in [0.3, 0.4) is 0 Å². The van der Waals surface area contributed by atoms with E-state index in [1.54, 1.807) is 0 Å². The van der Waals surface area contributed by atoms with Crippen molar-refractivity contribution >= 4 is 21.5 Å². The summed E-state index contributed by atoms with van der Waals surface area (Å²) in [6.07, 6.45) is 0. The van der Waals surface area contributed by atoms with Crippen molar-refractivity contribution in [2.75, 3.05) is 7.05 Å². The summed E-state index contributed by atoms with van der Waals surface area (Å²) in [5.41, 5.74) is 0. The average molecular weight is 274 g/mol. The summed E-state index contributed by atoms with van der Waals surface area (Å²) >= 11 is 1.47. The lowest BCUT2D eigenvalue weighted by Gasteiger charge is -2.00. The molecule has 0 saturated heterocycles. The average Bonchev–Trinajstić information content (AvgIpc) is 2.97. The van der Waals surface area contributed by atoms with Crippen molar-refractivity contribution in [2.45, 2.75) is 6.54 Å². The second-order valence-corrected chi connectivity index (χ2v) is 5.67. The van der Waals surface area contributed by atoms with Gasteiger partial charge >= 0.3 is 0 Å². The molecular weight excluding hydrogens is 264 g/mol. The number of rotatable bonds is 5. The maximum Gasteiger partial charge on any atom is 0.277 e. The van der Waals surface area contributed by atoms with Gasteiger partial charge in [0.05, 0.1) is 11.4 Å². The van der Waals surface area contributed by atoms with Crippen LogP contribution in [-0.4, -0.2) is 25.6 Å². The third-order valence-electron chi connectivity index (χ3n) is 1.89. The Morgan fingerprint density at radius 1 is 1.53 bits per heavy atom. The van der Waals surface area contributed by atoms with E-state index in [-0.39, 0.29) is 12.4 Å². The van der Waals surface area contributed by atoms with Crippen molar-refractivity contribution in [3.05, 3.63) is 23.3 Å². The molecule has 0 unspecified atom stereocenters. The Hall–Kier alpha value is -1.29. The third-order valence-corrected chi connectivity index (χ3v) is 3.81. The molecule has 7 nitrogen and oxygen atoms in total. The minimum atomic E-state index is -3.48. The van der Waals surface area contributed by atoms with E-state index in [1.165, 1.54) is 18.4 Å². The van der Waals surface area contributed by atoms with Gasteiger partial charge in [0.2, 0.25) is 0 Å². The fourth-order valence-corrected chi connectivity index (χ4v) is 2.17. The van der Waals surface area contributed by atoms with Crippen molar-refractivity contribution in [3.8, 4) is 10.8 Å². The van der Waals surface area contributed by atoms with Crippen molar-refractivity contribution in [1.82, 2.24) is 19.6 Å². The molecule has 2 aromatic heterocycles. The first-order valence-corrected chi connectivity index (χ1v) is 7.01. The molecule has 0 bridgehead atoms. The Morgan fingerprint density at radius 2 is 2.35 bits per heavy atom. The number of hydrogen-bond acceptors (Lipinski definition) is 6. The molecular formula is C8H10N4O3S2. The predicted molar refractivity (Wildman–Crippen MR) is 62.4 cm³/mol. The number of hydrogen-bond donors (Lipinski definition) is 2. The smallest absolute Gasteiger partial charge is 0.277 e. The van der Waals surface area contributed by atoms with E-state index in [0.717, 1.165) is 4.88 Å². The van der Waals surface area contributed by atoms with Crippen LogP contribution in [0.25, 0.3) is 10.8 Å². The first kappa shape index (κ1) is 12.2. The van der Waals surface area contributed by atoms with Gasteiger partial charge in [-0.25, -0.2) is 4.72 Å². The van der Waals surface area contributed by atoms with Gasteiger partial charge in [-0.15, -0.1) is 11.3 Å². The summed E-state index contributed by atoms with van der Waals surface area (Å²) in [4.78, 5) is 4.92. The van der Waals surface area contributed by atoms with Gasteiger partial charge in [-0.1, -0.05) is 11.2 Å². The molecule has 2 N–H and O–H groups in total. The molecule has 0 aromatic carbocycles. The molecule has 0 amide bonds. The SMILES string of the molecule is CNS(=O)(=O)NCc1noc(-c2cccs2)n1. The molecule has 2 rings (SSSR count). The Balaban J connectivity index is 2.05. The second-order valence-electron chi connectivity index (χ2n) is 3.02. The lowest BCUT2D eigenvalue weighted by Crippen LogP contribution is -2.33. The minimum absolute atomic E-state index is 0.0158. The molecule has 17 heavy (non-hydrogen) atoms. The van der Waals surface area contributed by atoms with E-state index in [2.05, 4.69) is 19.6 Å². The molecule has 0 aliphatic heterocycles. The van der Waals surface area contributed by atoms with Crippen molar-refractivity contribution < 1.29 is 12.9 Å². The highest BCUT2D eigenvalue weighted by Gasteiger charge is 2.12. The third kappa shape index (κ3) is 3.09. The molecule has 2 heterocycles. The Labute approximate surface area is 102 Å². The van der Waals surface area contributed by atoms with Crippen LogP contribution in [0.2, 0.25) is 0 Å². The maximum atomic E-state index is 11.1. The van der Waals surface area contributed by atoms with E-state index in [1.807, 2.05) is 17.5 Å². The van der Waals surface area contributed by atoms with Gasteiger partial charge in [-0.2, -0.15) is 18.1 Å². The van der Waals surface area contributed by atoms with Gasteiger partial charge < -0.3 is 4.52 Å². The molecule has 2 aromatic rings. The van der Waals surface area contributed by atoms with Crippen LogP contribution in [-0.2, 0) is 16.8 Å². The number of aromatic nitrogens is 2. The fraction of sp³-hybridized carbons (Fsp3) is 0.250. The first-order chi connectivity index (χ1) is 8.11. The molecule has 0 aliphatic carbocycles. The lowest BCUT2D eigenvalue weighted by molar-refractivity contribution is 0.422. The summed E-state index contributed by atoms with van der Waals surface area (Å²) in [6, 6.07) is 3.72. The molecule has 0 fully saturated rings. The van der Waals surface area contributed by atoms with Crippen LogP contribution in [0.15, 0.2) is 22.0 Å². The van der Waals surface area contributed by atoms with Gasteiger partial charge in [0, 0.05) is 7.05 Å². The van der Waals surface area contributed by atoms with Gasteiger partial charge in [-0.3, -0.25) is 0 Å². The molecule has 0 saturated carbocycles. The zero-order valence-electron chi connectivity index (χ0n) is 8.87. The van der Waals surface area contributed by atoms with Crippen LogP contribution < -0.4 is 9.44 Å². The predicted octanol–water partition coefficient (Wildman–Crippen LogP) is 0.352. The van der Waals surface area contributed by atoms with Crippen molar-refractivity contribution in [3.63, 3.8) is 0 Å². The van der Waals surface area contributed by atoms with Crippen LogP contribution >= 0.6 is 11.3 Å². The minimum Gasteiger partial charge on any atom is -0.333 e. The van der Waals surface area contributed by atoms with E-state index in [0.29, 0.717) is 5.89 Å². The van der Waals surface area contributed by atoms with E-state index in [9.17, 15) is 8.42 Å². The van der Waals surface area contributed by atoms with Crippen LogP contribution in [0.1, 0.15) is 5.82 Å². The summed E-state index contributed by atoms with van der Waals surface area (Å²) in [5, 5.41) is 5.57. The van der Waals surface area contributed by atoms with Crippen LogP contribution in [0.5, 0.6) is 0 Å². The zero-order valence-corrected chi connectivity index (χ0v) is 10.5. The Kier molecular flexibility index (Phi) is 3.52. The van der Waals surface area contributed by atoms with Crippen molar-refractivity contribution in [1.29, 1.82) is 0 Å². The monoisotopic (exact) mass is 274 g/mol.